The van der Waals surface area contributed by atoms with Gasteiger partial charge in [0.05, 0.1) is 0 Å². The van der Waals surface area contributed by atoms with Crippen LogP contribution in [0.25, 0.3) is 0 Å². The van der Waals surface area contributed by atoms with E-state index in [1.807, 2.05) is 42.5 Å². The fourth-order valence-corrected chi connectivity index (χ4v) is 3.90. The van der Waals surface area contributed by atoms with Crippen molar-refractivity contribution in [3.63, 3.8) is 0 Å². The smallest absolute Gasteiger partial charge is 0.277 e. The van der Waals surface area contributed by atoms with Gasteiger partial charge in [0.1, 0.15) is 18.6 Å². The van der Waals surface area contributed by atoms with Gasteiger partial charge in [0.25, 0.3) is 5.79 Å². The van der Waals surface area contributed by atoms with E-state index in [1.165, 1.54) is 14.2 Å². The first kappa shape index (κ1) is 16.1. The fraction of sp³-hybridized carbons (Fsp3) is 0.350. The van der Waals surface area contributed by atoms with Gasteiger partial charge in [-0.1, -0.05) is 55.4 Å². The average molecular weight is 339 g/mol. The molecular weight excluding hydrogens is 318 g/mol. The predicted molar refractivity (Wildman–Crippen MR) is 93.7 cm³/mol. The van der Waals surface area contributed by atoms with Gasteiger partial charge in [-0.3, -0.25) is 0 Å². The van der Waals surface area contributed by atoms with Gasteiger partial charge in [-0.05, 0) is 17.5 Å². The molecule has 0 bridgehead atoms. The van der Waals surface area contributed by atoms with Crippen LogP contribution in [-0.4, -0.2) is 25.0 Å². The van der Waals surface area contributed by atoms with Crippen LogP contribution in [0.5, 0.6) is 5.75 Å². The zero-order valence-corrected chi connectivity index (χ0v) is 14.7. The van der Waals surface area contributed by atoms with Crippen molar-refractivity contribution in [2.45, 2.75) is 31.2 Å². The van der Waals surface area contributed by atoms with E-state index >= 15 is 0 Å². The van der Waals surface area contributed by atoms with Crippen molar-refractivity contribution in [3.8, 4) is 5.75 Å². The molecule has 130 valence electrons. The summed E-state index contributed by atoms with van der Waals surface area (Å²) in [4.78, 5) is 5.04. The van der Waals surface area contributed by atoms with Gasteiger partial charge < -0.3 is 19.4 Å². The molecule has 0 fully saturated rings. The molecule has 1 heterocycles. The number of hydrogen-bond donors (Lipinski definition) is 1. The maximum absolute atomic E-state index is 11.8. The van der Waals surface area contributed by atoms with Crippen LogP contribution in [0.1, 0.15) is 42.0 Å². The second-order valence-electron chi connectivity index (χ2n) is 6.71. The quantitative estimate of drug-likeness (QED) is 0.872. The van der Waals surface area contributed by atoms with Gasteiger partial charge in [-0.25, -0.2) is 0 Å². The summed E-state index contributed by atoms with van der Waals surface area (Å²) in [5.41, 5.74) is 2.07. The van der Waals surface area contributed by atoms with E-state index in [4.69, 9.17) is 14.3 Å². The molecule has 1 aliphatic carbocycles. The van der Waals surface area contributed by atoms with E-state index in [0.29, 0.717) is 22.9 Å². The monoisotopic (exact) mass is 339 g/mol. The molecule has 0 spiro atoms. The summed E-state index contributed by atoms with van der Waals surface area (Å²) >= 11 is 0. The first-order chi connectivity index (χ1) is 12.0. The lowest BCUT2D eigenvalue weighted by molar-refractivity contribution is -0.238. The van der Waals surface area contributed by atoms with Gasteiger partial charge in [0, 0.05) is 23.8 Å². The van der Waals surface area contributed by atoms with Gasteiger partial charge in [-0.15, -0.1) is 0 Å². The number of fused-ring (bicyclic) bond motifs is 5. The minimum atomic E-state index is -1.58. The lowest BCUT2D eigenvalue weighted by Crippen LogP contribution is -2.50. The third kappa shape index (κ3) is 1.82. The summed E-state index contributed by atoms with van der Waals surface area (Å²) in [5, 5.41) is 16.0. The third-order valence-corrected chi connectivity index (χ3v) is 5.14. The highest BCUT2D eigenvalue weighted by Gasteiger charge is 2.70. The molecule has 25 heavy (non-hydrogen) atoms. The van der Waals surface area contributed by atoms with Crippen molar-refractivity contribution in [3.05, 3.63) is 64.7 Å². The Morgan fingerprint density at radius 3 is 2.52 bits per heavy atom. The molecule has 2 atom stereocenters. The maximum atomic E-state index is 11.8. The topological polar surface area (TPSA) is 60.3 Å². The summed E-state index contributed by atoms with van der Waals surface area (Å²) < 4.78 is 12.1. The number of nitrogens with zero attached hydrogens (tertiary/aromatic N) is 1. The number of rotatable bonds is 3. The minimum absolute atomic E-state index is 0.349. The number of benzene rings is 2. The van der Waals surface area contributed by atoms with Crippen molar-refractivity contribution >= 4 is 5.71 Å². The number of hydrogen-bond acceptors (Lipinski definition) is 5. The molecule has 2 unspecified atom stereocenters. The molecule has 1 aliphatic heterocycles. The Bertz CT molecular complexity index is 876. The van der Waals surface area contributed by atoms with Gasteiger partial charge in [-0.2, -0.15) is 0 Å². The molecule has 2 aromatic carbocycles. The van der Waals surface area contributed by atoms with Crippen LogP contribution < -0.4 is 4.74 Å². The molecule has 0 radical (unpaired) electrons. The predicted octanol–water partition coefficient (Wildman–Crippen LogP) is 3.25. The number of ether oxygens (including phenoxy) is 2. The first-order valence-corrected chi connectivity index (χ1v) is 8.32. The van der Waals surface area contributed by atoms with Crippen LogP contribution in [0.15, 0.2) is 47.6 Å². The van der Waals surface area contributed by atoms with Crippen LogP contribution in [0.2, 0.25) is 0 Å². The molecule has 0 saturated carbocycles. The molecule has 1 N–H and O–H groups in total. The van der Waals surface area contributed by atoms with E-state index in [0.717, 1.165) is 16.7 Å². The summed E-state index contributed by atoms with van der Waals surface area (Å²) in [6.07, 6.45) is 0. The van der Waals surface area contributed by atoms with E-state index in [9.17, 15) is 5.11 Å². The largest absolute Gasteiger partial charge is 0.454 e. The Balaban J connectivity index is 2.02. The maximum Gasteiger partial charge on any atom is 0.277 e. The van der Waals surface area contributed by atoms with Crippen LogP contribution in [0.3, 0.4) is 0 Å². The van der Waals surface area contributed by atoms with E-state index in [2.05, 4.69) is 19.0 Å². The molecule has 2 aliphatic rings. The molecule has 5 nitrogen and oxygen atoms in total. The van der Waals surface area contributed by atoms with Gasteiger partial charge in [0.15, 0.2) is 0 Å². The molecule has 5 heteroatoms. The fourth-order valence-electron chi connectivity index (χ4n) is 3.90. The Labute approximate surface area is 146 Å². The number of aliphatic hydroxyl groups is 1. The lowest BCUT2D eigenvalue weighted by Gasteiger charge is -2.33. The van der Waals surface area contributed by atoms with Crippen molar-refractivity contribution in [2.24, 2.45) is 5.16 Å². The lowest BCUT2D eigenvalue weighted by atomic mass is 9.85. The van der Waals surface area contributed by atoms with Crippen molar-refractivity contribution in [1.82, 2.24) is 0 Å². The highest BCUT2D eigenvalue weighted by atomic mass is 16.7. The molecule has 0 amide bonds. The number of methoxy groups -OCH3 is 1. The zero-order valence-electron chi connectivity index (χ0n) is 14.7. The summed E-state index contributed by atoms with van der Waals surface area (Å²) in [7, 11) is 3.00. The first-order valence-electron chi connectivity index (χ1n) is 8.32. The van der Waals surface area contributed by atoms with E-state index in [-0.39, 0.29) is 0 Å². The second kappa shape index (κ2) is 5.31. The summed E-state index contributed by atoms with van der Waals surface area (Å²) in [6.45, 7) is 4.23. The zero-order chi connectivity index (χ0) is 17.8. The van der Waals surface area contributed by atoms with E-state index < -0.39 is 11.4 Å². The molecule has 4 rings (SSSR count). The van der Waals surface area contributed by atoms with Crippen LogP contribution in [0, 0.1) is 0 Å². The van der Waals surface area contributed by atoms with Gasteiger partial charge in [0.2, 0.25) is 5.60 Å². The van der Waals surface area contributed by atoms with Gasteiger partial charge >= 0.3 is 0 Å². The Kier molecular flexibility index (Phi) is 3.42. The highest BCUT2D eigenvalue weighted by molar-refractivity contribution is 6.13. The third-order valence-electron chi connectivity index (χ3n) is 5.14. The number of oxime groups is 1. The molecular formula is C20H21NO4. The van der Waals surface area contributed by atoms with Crippen LogP contribution in [0.4, 0.5) is 0 Å². The highest BCUT2D eigenvalue weighted by Crippen LogP contribution is 2.60. The Morgan fingerprint density at radius 2 is 1.84 bits per heavy atom. The summed E-state index contributed by atoms with van der Waals surface area (Å²) in [6, 6.07) is 13.4. The van der Waals surface area contributed by atoms with Crippen molar-refractivity contribution in [2.75, 3.05) is 14.2 Å². The van der Waals surface area contributed by atoms with Crippen LogP contribution >= 0.6 is 0 Å². The van der Waals surface area contributed by atoms with Crippen LogP contribution in [-0.2, 0) is 21.0 Å². The van der Waals surface area contributed by atoms with E-state index in [1.54, 1.807) is 0 Å². The van der Waals surface area contributed by atoms with Crippen molar-refractivity contribution < 1.29 is 19.4 Å². The normalized spacial score (nSPS) is 27.8. The Hall–Kier alpha value is -2.37. The average Bonchev–Trinajstić information content (AvgIpc) is 2.99. The molecule has 2 aromatic rings. The minimum Gasteiger partial charge on any atom is -0.454 e. The molecule has 0 aromatic heterocycles. The Morgan fingerprint density at radius 1 is 1.08 bits per heavy atom. The summed E-state index contributed by atoms with van der Waals surface area (Å²) in [5.74, 6) is -0.422. The standard InChI is InChI=1S/C20H21NO4/c1-12(2)13-9-10-16-17(11-13)25-20(23-3)15-8-6-5-7-14(15)18(21-24-4)19(16,20)22/h5-12,22H,1-4H3/b21-18-. The second-order valence-corrected chi connectivity index (χ2v) is 6.71. The van der Waals surface area contributed by atoms with Crippen molar-refractivity contribution in [1.29, 1.82) is 0 Å². The SMILES string of the molecule is CO/N=C1/c2ccccc2C2(OC)Oc3cc(C(C)C)ccc3C12O. The molecule has 0 saturated heterocycles.